The number of aromatic amines is 2. The molecule has 0 aliphatic rings. The van der Waals surface area contributed by atoms with E-state index in [4.69, 9.17) is 4.74 Å². The molecule has 170 valence electrons. The van der Waals surface area contributed by atoms with E-state index in [0.29, 0.717) is 39.4 Å². The van der Waals surface area contributed by atoms with Crippen LogP contribution in [0.2, 0.25) is 0 Å². The molecule has 3 heterocycles. The van der Waals surface area contributed by atoms with Gasteiger partial charge in [-0.15, -0.1) is 0 Å². The highest BCUT2D eigenvalue weighted by Crippen LogP contribution is 2.29. The summed E-state index contributed by atoms with van der Waals surface area (Å²) >= 11 is 3.35. The van der Waals surface area contributed by atoms with E-state index in [2.05, 4.69) is 46.4 Å². The van der Waals surface area contributed by atoms with Gasteiger partial charge in [0.05, 0.1) is 30.0 Å². The molecule has 0 unspecified atom stereocenters. The Kier molecular flexibility index (Phi) is 5.81. The molecule has 1 amide bonds. The summed E-state index contributed by atoms with van der Waals surface area (Å²) in [5.41, 5.74) is 4.16. The highest BCUT2D eigenvalue weighted by molar-refractivity contribution is 9.10. The fourth-order valence-corrected chi connectivity index (χ4v) is 4.02. The Balaban J connectivity index is 1.39. The molecule has 34 heavy (non-hydrogen) atoms. The summed E-state index contributed by atoms with van der Waals surface area (Å²) < 4.78 is 21.0. The predicted molar refractivity (Wildman–Crippen MR) is 129 cm³/mol. The fraction of sp³-hybridized carbons (Fsp3) is 0.0833. The predicted octanol–water partition coefficient (Wildman–Crippen LogP) is 4.86. The monoisotopic (exact) mass is 520 g/mol. The van der Waals surface area contributed by atoms with Gasteiger partial charge in [-0.3, -0.25) is 9.89 Å². The molecule has 0 saturated heterocycles. The van der Waals surface area contributed by atoms with E-state index in [0.717, 1.165) is 15.6 Å². The van der Waals surface area contributed by atoms with Crippen molar-refractivity contribution in [3.8, 4) is 28.3 Å². The summed E-state index contributed by atoms with van der Waals surface area (Å²) in [5.74, 6) is 0.263. The molecule has 3 N–H and O–H groups in total. The van der Waals surface area contributed by atoms with Crippen LogP contribution in [-0.2, 0) is 6.54 Å². The van der Waals surface area contributed by atoms with Crippen molar-refractivity contribution in [3.05, 3.63) is 82.5 Å². The molecule has 0 bridgehead atoms. The standard InChI is InChI=1S/C24H18BrFN6O2/c1-34-20-5-4-16(25)9-18(20)24(33)28-10-14-3-2-13(8-19(14)26)17-6-7-27-23-21(17)31-22(32-23)15-11-29-30-12-15/h2-9,11-12H,10H2,1H3,(H,28,33)(H,29,30)(H,27,31,32). The van der Waals surface area contributed by atoms with Crippen LogP contribution < -0.4 is 10.1 Å². The summed E-state index contributed by atoms with van der Waals surface area (Å²) in [5, 5.41) is 9.44. The Morgan fingerprint density at radius 3 is 2.82 bits per heavy atom. The maximum absolute atomic E-state index is 15.0. The van der Waals surface area contributed by atoms with E-state index in [-0.39, 0.29) is 12.5 Å². The number of carbonyl (C=O) groups excluding carboxylic acids is 1. The highest BCUT2D eigenvalue weighted by atomic mass is 79.9. The normalized spacial score (nSPS) is 11.0. The van der Waals surface area contributed by atoms with Gasteiger partial charge in [0.1, 0.15) is 17.4 Å². The van der Waals surface area contributed by atoms with E-state index in [1.165, 1.54) is 13.2 Å². The first-order valence-electron chi connectivity index (χ1n) is 10.3. The highest BCUT2D eigenvalue weighted by Gasteiger charge is 2.16. The van der Waals surface area contributed by atoms with Crippen LogP contribution in [0.3, 0.4) is 0 Å². The molecule has 10 heteroatoms. The first-order valence-corrected chi connectivity index (χ1v) is 11.1. The Bertz CT molecular complexity index is 1500. The molecule has 0 aliphatic heterocycles. The Morgan fingerprint density at radius 2 is 2.06 bits per heavy atom. The number of fused-ring (bicyclic) bond motifs is 1. The number of hydrogen-bond acceptors (Lipinski definition) is 5. The van der Waals surface area contributed by atoms with Crippen molar-refractivity contribution in [3.63, 3.8) is 0 Å². The maximum atomic E-state index is 15.0. The Labute approximate surface area is 201 Å². The van der Waals surface area contributed by atoms with Crippen LogP contribution in [0.25, 0.3) is 33.7 Å². The topological polar surface area (TPSA) is 109 Å². The average molecular weight is 521 g/mol. The minimum atomic E-state index is -0.432. The van der Waals surface area contributed by atoms with Gasteiger partial charge in [-0.2, -0.15) is 5.10 Å². The number of methoxy groups -OCH3 is 1. The smallest absolute Gasteiger partial charge is 0.255 e. The SMILES string of the molecule is COc1ccc(Br)cc1C(=O)NCc1ccc(-c2ccnc3nc(-c4cn[nH]c4)[nH]c23)cc1F. The molecule has 2 aromatic carbocycles. The first-order chi connectivity index (χ1) is 16.5. The van der Waals surface area contributed by atoms with Gasteiger partial charge in [-0.25, -0.2) is 14.4 Å². The first kappa shape index (κ1) is 21.8. The Hall–Kier alpha value is -4.05. The van der Waals surface area contributed by atoms with Gasteiger partial charge < -0.3 is 15.0 Å². The van der Waals surface area contributed by atoms with Crippen molar-refractivity contribution in [1.82, 2.24) is 30.5 Å². The van der Waals surface area contributed by atoms with Crippen molar-refractivity contribution in [2.24, 2.45) is 0 Å². The van der Waals surface area contributed by atoms with Crippen LogP contribution in [0.4, 0.5) is 4.39 Å². The van der Waals surface area contributed by atoms with E-state index in [1.807, 2.05) is 0 Å². The molecule has 0 aliphatic carbocycles. The molecule has 0 atom stereocenters. The largest absolute Gasteiger partial charge is 0.496 e. The zero-order chi connectivity index (χ0) is 23.7. The van der Waals surface area contributed by atoms with Crippen LogP contribution in [0.1, 0.15) is 15.9 Å². The number of hydrogen-bond donors (Lipinski definition) is 3. The van der Waals surface area contributed by atoms with Gasteiger partial charge >= 0.3 is 0 Å². The number of pyridine rings is 1. The molecule has 5 rings (SSSR count). The lowest BCUT2D eigenvalue weighted by Crippen LogP contribution is -2.24. The zero-order valence-corrected chi connectivity index (χ0v) is 19.5. The third-order valence-corrected chi connectivity index (χ3v) is 5.87. The molecule has 8 nitrogen and oxygen atoms in total. The molecular formula is C24H18BrFN6O2. The molecule has 0 radical (unpaired) electrons. The second kappa shape index (κ2) is 9.06. The summed E-state index contributed by atoms with van der Waals surface area (Å²) in [6, 6.07) is 11.8. The zero-order valence-electron chi connectivity index (χ0n) is 17.9. The molecular weight excluding hydrogens is 503 g/mol. The number of halogens is 2. The fourth-order valence-electron chi connectivity index (χ4n) is 3.66. The number of H-pyrrole nitrogens is 2. The van der Waals surface area contributed by atoms with Crippen LogP contribution in [-0.4, -0.2) is 38.2 Å². The summed E-state index contributed by atoms with van der Waals surface area (Å²) in [7, 11) is 1.49. The van der Waals surface area contributed by atoms with E-state index in [9.17, 15) is 9.18 Å². The van der Waals surface area contributed by atoms with Crippen molar-refractivity contribution in [2.75, 3.05) is 7.11 Å². The van der Waals surface area contributed by atoms with Crippen molar-refractivity contribution in [1.29, 1.82) is 0 Å². The number of aromatic nitrogens is 5. The average Bonchev–Trinajstić information content (AvgIpc) is 3.52. The number of carbonyl (C=O) groups is 1. The van der Waals surface area contributed by atoms with E-state index >= 15 is 0 Å². The summed E-state index contributed by atoms with van der Waals surface area (Å²) in [6.07, 6.45) is 5.02. The molecule has 0 fully saturated rings. The lowest BCUT2D eigenvalue weighted by atomic mass is 10.0. The molecule has 5 aromatic rings. The van der Waals surface area contributed by atoms with Crippen molar-refractivity contribution >= 4 is 33.0 Å². The molecule has 0 saturated carbocycles. The maximum Gasteiger partial charge on any atom is 0.255 e. The third-order valence-electron chi connectivity index (χ3n) is 5.37. The van der Waals surface area contributed by atoms with Crippen LogP contribution >= 0.6 is 15.9 Å². The Morgan fingerprint density at radius 1 is 1.18 bits per heavy atom. The van der Waals surface area contributed by atoms with Crippen LogP contribution in [0.5, 0.6) is 5.75 Å². The number of amides is 1. The van der Waals surface area contributed by atoms with Crippen LogP contribution in [0.15, 0.2) is 65.5 Å². The molecule has 3 aromatic heterocycles. The number of benzene rings is 2. The van der Waals surface area contributed by atoms with Gasteiger partial charge in [-0.1, -0.05) is 28.1 Å². The summed E-state index contributed by atoms with van der Waals surface area (Å²) in [6.45, 7) is 0.0288. The number of nitrogens with one attached hydrogen (secondary N) is 3. The van der Waals surface area contributed by atoms with Gasteiger partial charge in [0.2, 0.25) is 0 Å². The third kappa shape index (κ3) is 4.15. The van der Waals surface area contributed by atoms with Gasteiger partial charge in [-0.05, 0) is 35.9 Å². The van der Waals surface area contributed by atoms with Crippen molar-refractivity contribution < 1.29 is 13.9 Å². The summed E-state index contributed by atoms with van der Waals surface area (Å²) in [4.78, 5) is 24.7. The quantitative estimate of drug-likeness (QED) is 0.296. The van der Waals surface area contributed by atoms with Gasteiger partial charge in [0, 0.05) is 34.5 Å². The van der Waals surface area contributed by atoms with Crippen LogP contribution in [0, 0.1) is 5.82 Å². The molecule has 0 spiro atoms. The van der Waals surface area contributed by atoms with E-state index in [1.54, 1.807) is 55.0 Å². The van der Waals surface area contributed by atoms with Crippen molar-refractivity contribution in [2.45, 2.75) is 6.54 Å². The second-order valence-electron chi connectivity index (χ2n) is 7.46. The van der Waals surface area contributed by atoms with E-state index < -0.39 is 5.82 Å². The van der Waals surface area contributed by atoms with Gasteiger partial charge in [0.15, 0.2) is 5.65 Å². The second-order valence-corrected chi connectivity index (χ2v) is 8.38. The lowest BCUT2D eigenvalue weighted by molar-refractivity contribution is 0.0947. The number of rotatable bonds is 6. The minimum absolute atomic E-state index is 0.0288. The number of ether oxygens (including phenoxy) is 1. The number of nitrogens with zero attached hydrogens (tertiary/aromatic N) is 3. The minimum Gasteiger partial charge on any atom is -0.496 e. The lowest BCUT2D eigenvalue weighted by Gasteiger charge is -2.11. The van der Waals surface area contributed by atoms with Gasteiger partial charge in [0.25, 0.3) is 5.91 Å². The number of imidazole rings is 1.